The Morgan fingerprint density at radius 3 is 2.20 bits per heavy atom. The zero-order chi connectivity index (χ0) is 14.4. The molecule has 0 spiro atoms. The van der Waals surface area contributed by atoms with Crippen molar-refractivity contribution >= 4 is 11.4 Å². The molecule has 0 radical (unpaired) electrons. The van der Waals surface area contributed by atoms with Crippen molar-refractivity contribution in [3.05, 3.63) is 53.6 Å². The van der Waals surface area contributed by atoms with Crippen LogP contribution in [-0.4, -0.2) is 20.2 Å². The maximum absolute atomic E-state index is 5.32. The number of hydrogen-bond donors (Lipinski definition) is 2. The van der Waals surface area contributed by atoms with E-state index in [2.05, 4.69) is 42.7 Å². The molecule has 0 amide bonds. The molecule has 0 aliphatic rings. The first-order chi connectivity index (χ1) is 9.72. The van der Waals surface area contributed by atoms with Crippen molar-refractivity contribution in [3.8, 4) is 5.75 Å². The highest BCUT2D eigenvalue weighted by atomic mass is 16.5. The number of methoxy groups -OCH3 is 1. The van der Waals surface area contributed by atoms with Crippen LogP contribution in [0.15, 0.2) is 42.5 Å². The van der Waals surface area contributed by atoms with Crippen LogP contribution in [-0.2, 0) is 0 Å². The third-order valence-corrected chi connectivity index (χ3v) is 3.33. The van der Waals surface area contributed by atoms with Gasteiger partial charge in [-0.1, -0.05) is 30.3 Å². The molecule has 2 aromatic carbocycles. The lowest BCUT2D eigenvalue weighted by atomic mass is 10.1. The summed E-state index contributed by atoms with van der Waals surface area (Å²) in [5.41, 5.74) is 4.82. The summed E-state index contributed by atoms with van der Waals surface area (Å²) < 4.78 is 5.32. The van der Waals surface area contributed by atoms with E-state index in [0.717, 1.165) is 24.5 Å². The minimum absolute atomic E-state index is 0.841. The van der Waals surface area contributed by atoms with Gasteiger partial charge in [-0.25, -0.2) is 0 Å². The minimum Gasteiger partial charge on any atom is -0.495 e. The van der Waals surface area contributed by atoms with Gasteiger partial charge in [0.1, 0.15) is 5.75 Å². The van der Waals surface area contributed by atoms with Crippen molar-refractivity contribution in [1.82, 2.24) is 0 Å². The molecule has 0 bridgehead atoms. The quantitative estimate of drug-likeness (QED) is 0.783. The van der Waals surface area contributed by atoms with Crippen LogP contribution in [0, 0.1) is 13.8 Å². The van der Waals surface area contributed by atoms with Crippen LogP contribution in [0.1, 0.15) is 11.1 Å². The molecule has 2 rings (SSSR count). The first kappa shape index (κ1) is 14.3. The number of anilines is 2. The Morgan fingerprint density at radius 1 is 0.850 bits per heavy atom. The van der Waals surface area contributed by atoms with E-state index in [1.165, 1.54) is 16.8 Å². The fourth-order valence-electron chi connectivity index (χ4n) is 2.27. The van der Waals surface area contributed by atoms with E-state index in [1.54, 1.807) is 7.11 Å². The molecule has 0 aromatic heterocycles. The molecule has 0 saturated heterocycles. The molecule has 0 unspecified atom stereocenters. The monoisotopic (exact) mass is 270 g/mol. The van der Waals surface area contributed by atoms with Gasteiger partial charge in [-0.3, -0.25) is 0 Å². The molecule has 0 fully saturated rings. The topological polar surface area (TPSA) is 33.3 Å². The number of para-hydroxylation sites is 3. The van der Waals surface area contributed by atoms with E-state index in [1.807, 2.05) is 24.3 Å². The second-order valence-corrected chi connectivity index (χ2v) is 4.82. The van der Waals surface area contributed by atoms with Gasteiger partial charge in [0.15, 0.2) is 0 Å². The molecule has 20 heavy (non-hydrogen) atoms. The fourth-order valence-corrected chi connectivity index (χ4v) is 2.27. The number of benzene rings is 2. The standard InChI is InChI=1S/C17H22N2O/c1-13-7-6-8-14(2)17(13)19-12-11-18-15-9-4-5-10-16(15)20-3/h4-10,18-19H,11-12H2,1-3H3. The number of ether oxygens (including phenoxy) is 1. The van der Waals surface area contributed by atoms with E-state index in [0.29, 0.717) is 0 Å². The van der Waals surface area contributed by atoms with E-state index in [4.69, 9.17) is 4.74 Å². The lowest BCUT2D eigenvalue weighted by Gasteiger charge is -2.14. The van der Waals surface area contributed by atoms with Gasteiger partial charge in [-0.2, -0.15) is 0 Å². The van der Waals surface area contributed by atoms with Gasteiger partial charge < -0.3 is 15.4 Å². The summed E-state index contributed by atoms with van der Waals surface area (Å²) >= 11 is 0. The van der Waals surface area contributed by atoms with Crippen molar-refractivity contribution in [2.75, 3.05) is 30.8 Å². The van der Waals surface area contributed by atoms with E-state index >= 15 is 0 Å². The first-order valence-electron chi connectivity index (χ1n) is 6.89. The van der Waals surface area contributed by atoms with Gasteiger partial charge in [0.2, 0.25) is 0 Å². The summed E-state index contributed by atoms with van der Waals surface area (Å²) in [7, 11) is 1.69. The Labute approximate surface area is 121 Å². The molecule has 3 heteroatoms. The third kappa shape index (κ3) is 3.44. The molecule has 0 heterocycles. The first-order valence-corrected chi connectivity index (χ1v) is 6.89. The second kappa shape index (κ2) is 6.85. The Morgan fingerprint density at radius 2 is 1.50 bits per heavy atom. The zero-order valence-electron chi connectivity index (χ0n) is 12.4. The number of rotatable bonds is 6. The summed E-state index contributed by atoms with van der Waals surface area (Å²) in [6, 6.07) is 14.3. The summed E-state index contributed by atoms with van der Waals surface area (Å²) in [5, 5.41) is 6.87. The predicted octanol–water partition coefficient (Wildman–Crippen LogP) is 3.84. The Kier molecular flexibility index (Phi) is 4.88. The van der Waals surface area contributed by atoms with Gasteiger partial charge in [-0.05, 0) is 37.1 Å². The van der Waals surface area contributed by atoms with Gasteiger partial charge in [0.05, 0.1) is 12.8 Å². The summed E-state index contributed by atoms with van der Waals surface area (Å²) in [4.78, 5) is 0. The van der Waals surface area contributed by atoms with Gasteiger partial charge in [0, 0.05) is 18.8 Å². The highest BCUT2D eigenvalue weighted by Gasteiger charge is 2.02. The SMILES string of the molecule is COc1ccccc1NCCNc1c(C)cccc1C. The summed E-state index contributed by atoms with van der Waals surface area (Å²) in [6.07, 6.45) is 0. The van der Waals surface area contributed by atoms with Crippen molar-refractivity contribution in [1.29, 1.82) is 0 Å². The molecule has 0 atom stereocenters. The molecule has 0 aliphatic heterocycles. The van der Waals surface area contributed by atoms with Crippen molar-refractivity contribution in [2.45, 2.75) is 13.8 Å². The highest BCUT2D eigenvalue weighted by molar-refractivity contribution is 5.58. The van der Waals surface area contributed by atoms with Gasteiger partial charge >= 0.3 is 0 Å². The lowest BCUT2D eigenvalue weighted by Crippen LogP contribution is -2.15. The molecule has 2 N–H and O–H groups in total. The smallest absolute Gasteiger partial charge is 0.141 e. The molecule has 3 nitrogen and oxygen atoms in total. The maximum Gasteiger partial charge on any atom is 0.141 e. The fraction of sp³-hybridized carbons (Fsp3) is 0.294. The third-order valence-electron chi connectivity index (χ3n) is 3.33. The summed E-state index contributed by atoms with van der Waals surface area (Å²) in [5.74, 6) is 0.875. The number of hydrogen-bond acceptors (Lipinski definition) is 3. The van der Waals surface area contributed by atoms with Crippen LogP contribution in [0.2, 0.25) is 0 Å². The minimum atomic E-state index is 0.841. The van der Waals surface area contributed by atoms with Crippen LogP contribution in [0.5, 0.6) is 5.75 Å². The van der Waals surface area contributed by atoms with Crippen molar-refractivity contribution in [3.63, 3.8) is 0 Å². The van der Waals surface area contributed by atoms with E-state index in [-0.39, 0.29) is 0 Å². The van der Waals surface area contributed by atoms with Crippen LogP contribution < -0.4 is 15.4 Å². The Hall–Kier alpha value is -2.16. The molecule has 106 valence electrons. The molecule has 0 saturated carbocycles. The molecular weight excluding hydrogens is 248 g/mol. The van der Waals surface area contributed by atoms with Crippen molar-refractivity contribution < 1.29 is 4.74 Å². The lowest BCUT2D eigenvalue weighted by molar-refractivity contribution is 0.416. The van der Waals surface area contributed by atoms with Gasteiger partial charge in [0.25, 0.3) is 0 Å². The number of nitrogens with one attached hydrogen (secondary N) is 2. The average molecular weight is 270 g/mol. The van der Waals surface area contributed by atoms with E-state index < -0.39 is 0 Å². The van der Waals surface area contributed by atoms with E-state index in [9.17, 15) is 0 Å². The predicted molar refractivity (Wildman–Crippen MR) is 85.9 cm³/mol. The zero-order valence-corrected chi connectivity index (χ0v) is 12.4. The molecule has 0 aliphatic carbocycles. The largest absolute Gasteiger partial charge is 0.495 e. The normalized spacial score (nSPS) is 10.2. The second-order valence-electron chi connectivity index (χ2n) is 4.82. The van der Waals surface area contributed by atoms with Gasteiger partial charge in [-0.15, -0.1) is 0 Å². The molecule has 2 aromatic rings. The molecular formula is C17H22N2O. The van der Waals surface area contributed by atoms with Crippen LogP contribution in [0.25, 0.3) is 0 Å². The van der Waals surface area contributed by atoms with Crippen LogP contribution in [0.3, 0.4) is 0 Å². The van der Waals surface area contributed by atoms with Crippen LogP contribution >= 0.6 is 0 Å². The average Bonchev–Trinajstić information content (AvgIpc) is 2.46. The Bertz CT molecular complexity index is 546. The number of aryl methyl sites for hydroxylation is 2. The van der Waals surface area contributed by atoms with Crippen molar-refractivity contribution in [2.24, 2.45) is 0 Å². The summed E-state index contributed by atoms with van der Waals surface area (Å²) in [6.45, 7) is 5.96. The Balaban J connectivity index is 1.88. The maximum atomic E-state index is 5.32. The highest BCUT2D eigenvalue weighted by Crippen LogP contribution is 2.23. The van der Waals surface area contributed by atoms with Crippen LogP contribution in [0.4, 0.5) is 11.4 Å².